The third kappa shape index (κ3) is 3.23. The Labute approximate surface area is 137 Å². The van der Waals surface area contributed by atoms with Crippen molar-refractivity contribution in [3.63, 3.8) is 0 Å². The first-order valence-electron chi connectivity index (χ1n) is 7.29. The minimum Gasteiger partial charge on any atom is -0.494 e. The van der Waals surface area contributed by atoms with E-state index < -0.39 is 0 Å². The third-order valence-corrected chi connectivity index (χ3v) is 6.14. The molecule has 0 radical (unpaired) electrons. The Kier molecular flexibility index (Phi) is 4.73. The molecule has 0 aromatic heterocycles. The summed E-state index contributed by atoms with van der Waals surface area (Å²) in [6.07, 6.45) is 5.34. The number of hydrogen-bond donors (Lipinski definition) is 0. The quantitative estimate of drug-likeness (QED) is 0.635. The van der Waals surface area contributed by atoms with Gasteiger partial charge in [-0.2, -0.15) is 0 Å². The van der Waals surface area contributed by atoms with Gasteiger partial charge in [-0.3, -0.25) is 0 Å². The molecule has 20 heavy (non-hydrogen) atoms. The van der Waals surface area contributed by atoms with E-state index >= 15 is 0 Å². The van der Waals surface area contributed by atoms with E-state index in [2.05, 4.69) is 31.9 Å². The van der Waals surface area contributed by atoms with Crippen LogP contribution in [0, 0.1) is 11.3 Å². The number of ether oxygens (including phenoxy) is 2. The van der Waals surface area contributed by atoms with Gasteiger partial charge in [0.15, 0.2) is 0 Å². The molecule has 2 unspecified atom stereocenters. The predicted octanol–water partition coefficient (Wildman–Crippen LogP) is 4.80. The fourth-order valence-electron chi connectivity index (χ4n) is 3.12. The van der Waals surface area contributed by atoms with Crippen molar-refractivity contribution < 1.29 is 9.47 Å². The molecule has 2 fully saturated rings. The zero-order valence-electron chi connectivity index (χ0n) is 11.5. The van der Waals surface area contributed by atoms with Gasteiger partial charge in [-0.25, -0.2) is 0 Å². The summed E-state index contributed by atoms with van der Waals surface area (Å²) in [4.78, 5) is 0. The lowest BCUT2D eigenvalue weighted by atomic mass is 9.78. The Morgan fingerprint density at radius 3 is 2.65 bits per heavy atom. The maximum absolute atomic E-state index is 6.01. The lowest BCUT2D eigenvalue weighted by Gasteiger charge is -2.32. The first kappa shape index (κ1) is 14.9. The lowest BCUT2D eigenvalue weighted by molar-refractivity contribution is 0.0318. The van der Waals surface area contributed by atoms with Crippen molar-refractivity contribution >= 4 is 31.9 Å². The van der Waals surface area contributed by atoms with Crippen molar-refractivity contribution in [3.8, 4) is 5.75 Å². The normalized spacial score (nSPS) is 29.6. The van der Waals surface area contributed by atoms with E-state index in [9.17, 15) is 0 Å². The van der Waals surface area contributed by atoms with Gasteiger partial charge in [0.25, 0.3) is 0 Å². The summed E-state index contributed by atoms with van der Waals surface area (Å²) >= 11 is 7.16. The van der Waals surface area contributed by atoms with E-state index in [0.29, 0.717) is 6.10 Å². The van der Waals surface area contributed by atoms with Gasteiger partial charge in [-0.05, 0) is 55.9 Å². The van der Waals surface area contributed by atoms with Gasteiger partial charge < -0.3 is 9.47 Å². The smallest absolute Gasteiger partial charge is 0.119 e. The van der Waals surface area contributed by atoms with Gasteiger partial charge in [0.05, 0.1) is 12.7 Å². The number of hydrogen-bond acceptors (Lipinski definition) is 2. The third-order valence-electron chi connectivity index (χ3n) is 4.50. The molecule has 2 nitrogen and oxygen atoms in total. The van der Waals surface area contributed by atoms with Crippen LogP contribution in [-0.2, 0) is 4.74 Å². The second kappa shape index (κ2) is 6.37. The number of benzene rings is 1. The van der Waals surface area contributed by atoms with E-state index in [1.165, 1.54) is 12.8 Å². The lowest BCUT2D eigenvalue weighted by Crippen LogP contribution is -2.36. The zero-order chi connectivity index (χ0) is 14.0. The van der Waals surface area contributed by atoms with Crippen LogP contribution < -0.4 is 4.74 Å². The molecule has 4 heteroatoms. The second-order valence-electron chi connectivity index (χ2n) is 5.93. The van der Waals surface area contributed by atoms with Crippen LogP contribution in [0.4, 0.5) is 0 Å². The van der Waals surface area contributed by atoms with Crippen molar-refractivity contribution in [2.75, 3.05) is 18.5 Å². The van der Waals surface area contributed by atoms with Crippen molar-refractivity contribution in [3.05, 3.63) is 28.7 Å². The highest BCUT2D eigenvalue weighted by molar-refractivity contribution is 9.10. The summed E-state index contributed by atoms with van der Waals surface area (Å²) in [5, 5.41) is 1.02. The molecule has 0 spiro atoms. The van der Waals surface area contributed by atoms with Gasteiger partial charge in [0.2, 0.25) is 0 Å². The summed E-state index contributed by atoms with van der Waals surface area (Å²) in [5.74, 6) is 1.74. The van der Waals surface area contributed by atoms with Crippen LogP contribution >= 0.6 is 31.9 Å². The summed E-state index contributed by atoms with van der Waals surface area (Å²) in [7, 11) is 0. The first-order chi connectivity index (χ1) is 9.73. The summed E-state index contributed by atoms with van der Waals surface area (Å²) in [5.41, 5.74) is 0.274. The van der Waals surface area contributed by atoms with Gasteiger partial charge >= 0.3 is 0 Å². The minimum atomic E-state index is 0.274. The first-order valence-corrected chi connectivity index (χ1v) is 9.21. The summed E-state index contributed by atoms with van der Waals surface area (Å²) in [6.45, 7) is 1.67. The average Bonchev–Trinajstić information content (AvgIpc) is 3.22. The van der Waals surface area contributed by atoms with Crippen LogP contribution in [0.3, 0.4) is 0 Å². The van der Waals surface area contributed by atoms with E-state index in [1.807, 2.05) is 24.3 Å². The molecule has 1 aliphatic carbocycles. The van der Waals surface area contributed by atoms with Crippen LogP contribution in [-0.4, -0.2) is 24.6 Å². The standard InChI is InChI=1S/C16H20Br2O2/c17-11-16(8-10-20-15(16)12-1-2-12)7-9-19-14-5-3-13(18)4-6-14/h3-6,12,15H,1-2,7-11H2. The van der Waals surface area contributed by atoms with Crippen LogP contribution in [0.2, 0.25) is 0 Å². The number of halogens is 2. The van der Waals surface area contributed by atoms with E-state index in [1.54, 1.807) is 0 Å². The minimum absolute atomic E-state index is 0.274. The molecule has 2 aliphatic rings. The maximum atomic E-state index is 6.01. The predicted molar refractivity (Wildman–Crippen MR) is 87.6 cm³/mol. The van der Waals surface area contributed by atoms with Gasteiger partial charge in [-0.15, -0.1) is 0 Å². The van der Waals surface area contributed by atoms with Crippen LogP contribution in [0.15, 0.2) is 28.7 Å². The van der Waals surface area contributed by atoms with E-state index in [-0.39, 0.29) is 5.41 Å². The summed E-state index contributed by atoms with van der Waals surface area (Å²) in [6, 6.07) is 8.05. The van der Waals surface area contributed by atoms with Crippen molar-refractivity contribution in [1.29, 1.82) is 0 Å². The van der Waals surface area contributed by atoms with E-state index in [4.69, 9.17) is 9.47 Å². The Bertz CT molecular complexity index is 444. The molecule has 1 saturated heterocycles. The van der Waals surface area contributed by atoms with Crippen molar-refractivity contribution in [1.82, 2.24) is 0 Å². The number of rotatable bonds is 6. The molecule has 0 amide bonds. The maximum Gasteiger partial charge on any atom is 0.119 e. The van der Waals surface area contributed by atoms with Gasteiger partial charge in [0, 0.05) is 21.8 Å². The molecular weight excluding hydrogens is 384 g/mol. The Morgan fingerprint density at radius 2 is 2.00 bits per heavy atom. The highest BCUT2D eigenvalue weighted by Gasteiger charge is 2.50. The molecular formula is C16H20Br2O2. The Hall–Kier alpha value is -0.0600. The second-order valence-corrected chi connectivity index (χ2v) is 7.40. The molecule has 2 atom stereocenters. The molecule has 3 rings (SSSR count). The molecule has 1 saturated carbocycles. The largest absolute Gasteiger partial charge is 0.494 e. The SMILES string of the molecule is BrCC1(CCOc2ccc(Br)cc2)CCOC1C1CC1. The average molecular weight is 404 g/mol. The van der Waals surface area contributed by atoms with Gasteiger partial charge in [-0.1, -0.05) is 31.9 Å². The topological polar surface area (TPSA) is 18.5 Å². The molecule has 1 aromatic carbocycles. The van der Waals surface area contributed by atoms with Crippen molar-refractivity contribution in [2.45, 2.75) is 31.8 Å². The highest BCUT2D eigenvalue weighted by atomic mass is 79.9. The molecule has 110 valence electrons. The molecule has 1 aliphatic heterocycles. The van der Waals surface area contributed by atoms with Crippen LogP contribution in [0.1, 0.15) is 25.7 Å². The Balaban J connectivity index is 1.56. The van der Waals surface area contributed by atoms with Crippen LogP contribution in [0.5, 0.6) is 5.75 Å². The zero-order valence-corrected chi connectivity index (χ0v) is 14.7. The van der Waals surface area contributed by atoms with E-state index in [0.717, 1.165) is 47.5 Å². The molecule has 0 N–H and O–H groups in total. The molecule has 1 heterocycles. The Morgan fingerprint density at radius 1 is 1.25 bits per heavy atom. The monoisotopic (exact) mass is 402 g/mol. The van der Waals surface area contributed by atoms with Crippen molar-refractivity contribution in [2.24, 2.45) is 11.3 Å². The van der Waals surface area contributed by atoms with Gasteiger partial charge in [0.1, 0.15) is 5.75 Å². The summed E-state index contributed by atoms with van der Waals surface area (Å²) < 4.78 is 13.0. The molecule has 0 bridgehead atoms. The molecule has 1 aromatic rings. The fourth-order valence-corrected chi connectivity index (χ4v) is 4.27. The fraction of sp³-hybridized carbons (Fsp3) is 0.625. The number of alkyl halides is 1. The highest BCUT2D eigenvalue weighted by Crippen LogP contribution is 2.50. The van der Waals surface area contributed by atoms with Crippen LogP contribution in [0.25, 0.3) is 0 Å².